The quantitative estimate of drug-likeness (QED) is 0.856. The molecule has 2 aromatic rings. The second kappa shape index (κ2) is 5.29. The number of fused-ring (bicyclic) bond motifs is 1. The van der Waals surface area contributed by atoms with E-state index in [1.807, 2.05) is 24.5 Å². The van der Waals surface area contributed by atoms with Gasteiger partial charge in [-0.25, -0.2) is 0 Å². The maximum absolute atomic E-state index is 4.02. The normalized spacial score (nSPS) is 13.6. The van der Waals surface area contributed by atoms with Gasteiger partial charge >= 0.3 is 0 Å². The van der Waals surface area contributed by atoms with E-state index in [1.54, 1.807) is 0 Å². The molecule has 0 amide bonds. The minimum atomic E-state index is 0.889. The summed E-state index contributed by atoms with van der Waals surface area (Å²) in [5.41, 5.74) is 5.60. The number of nitrogens with one attached hydrogen (secondary N) is 2. The van der Waals surface area contributed by atoms with E-state index in [2.05, 4.69) is 33.8 Å². The van der Waals surface area contributed by atoms with Crippen LogP contribution < -0.4 is 10.6 Å². The molecule has 1 aliphatic rings. The molecule has 0 fully saturated rings. The number of aromatic nitrogens is 1. The number of hydrogen-bond donors (Lipinski definition) is 2. The lowest BCUT2D eigenvalue weighted by molar-refractivity contribution is 0.684. The summed E-state index contributed by atoms with van der Waals surface area (Å²) >= 11 is 0. The van der Waals surface area contributed by atoms with E-state index in [4.69, 9.17) is 0 Å². The molecule has 18 heavy (non-hydrogen) atoms. The maximum Gasteiger partial charge on any atom is 0.0271 e. The minimum Gasteiger partial charge on any atom is -0.309 e. The molecule has 92 valence electrons. The molecule has 2 N–H and O–H groups in total. The van der Waals surface area contributed by atoms with Crippen molar-refractivity contribution in [3.63, 3.8) is 0 Å². The Morgan fingerprint density at radius 1 is 1.06 bits per heavy atom. The fourth-order valence-electron chi connectivity index (χ4n) is 2.41. The van der Waals surface area contributed by atoms with Gasteiger partial charge in [-0.3, -0.25) is 4.98 Å². The average Bonchev–Trinajstić information content (AvgIpc) is 2.89. The molecule has 0 saturated carbocycles. The summed E-state index contributed by atoms with van der Waals surface area (Å²) in [4.78, 5) is 4.02. The first-order chi connectivity index (χ1) is 8.93. The number of hydrogen-bond acceptors (Lipinski definition) is 3. The van der Waals surface area contributed by atoms with Crippen LogP contribution >= 0.6 is 0 Å². The molecule has 3 rings (SSSR count). The van der Waals surface area contributed by atoms with Crippen LogP contribution in [0.3, 0.4) is 0 Å². The summed E-state index contributed by atoms with van der Waals surface area (Å²) < 4.78 is 0. The second-order valence-electron chi connectivity index (χ2n) is 4.62. The summed E-state index contributed by atoms with van der Waals surface area (Å²) in [7, 11) is 0. The molecule has 0 saturated heterocycles. The van der Waals surface area contributed by atoms with Crippen molar-refractivity contribution in [1.29, 1.82) is 0 Å². The summed E-state index contributed by atoms with van der Waals surface area (Å²) in [5.74, 6) is 0. The Bertz CT molecular complexity index is 523. The highest BCUT2D eigenvalue weighted by Crippen LogP contribution is 2.19. The van der Waals surface area contributed by atoms with Gasteiger partial charge < -0.3 is 10.6 Å². The van der Waals surface area contributed by atoms with Crippen molar-refractivity contribution in [1.82, 2.24) is 15.6 Å². The van der Waals surface area contributed by atoms with Gasteiger partial charge in [0.2, 0.25) is 0 Å². The average molecular weight is 239 g/mol. The van der Waals surface area contributed by atoms with Crippen molar-refractivity contribution in [2.75, 3.05) is 0 Å². The van der Waals surface area contributed by atoms with Gasteiger partial charge in [-0.1, -0.05) is 18.2 Å². The Labute approximate surface area is 107 Å². The highest BCUT2D eigenvalue weighted by atomic mass is 14.9. The largest absolute Gasteiger partial charge is 0.309 e. The van der Waals surface area contributed by atoms with Crippen molar-refractivity contribution >= 4 is 0 Å². The van der Waals surface area contributed by atoms with Gasteiger partial charge in [0, 0.05) is 38.6 Å². The predicted octanol–water partition coefficient (Wildman–Crippen LogP) is 1.97. The van der Waals surface area contributed by atoms with E-state index in [9.17, 15) is 0 Å². The van der Waals surface area contributed by atoms with Gasteiger partial charge in [-0.2, -0.15) is 0 Å². The summed E-state index contributed by atoms with van der Waals surface area (Å²) in [6, 6.07) is 10.7. The van der Waals surface area contributed by atoms with Crippen molar-refractivity contribution in [3.8, 4) is 0 Å². The third-order valence-electron chi connectivity index (χ3n) is 3.38. The monoisotopic (exact) mass is 239 g/mol. The molecule has 0 radical (unpaired) electrons. The molecule has 2 heterocycles. The van der Waals surface area contributed by atoms with Gasteiger partial charge in [0.1, 0.15) is 0 Å². The Morgan fingerprint density at radius 2 is 1.94 bits per heavy atom. The number of rotatable bonds is 4. The summed E-state index contributed by atoms with van der Waals surface area (Å²) in [5, 5.41) is 6.89. The zero-order valence-electron chi connectivity index (χ0n) is 10.3. The molecule has 1 aromatic heterocycles. The third-order valence-corrected chi connectivity index (χ3v) is 3.38. The van der Waals surface area contributed by atoms with Crippen LogP contribution in [0.1, 0.15) is 22.3 Å². The first-order valence-corrected chi connectivity index (χ1v) is 6.33. The molecule has 1 aliphatic heterocycles. The van der Waals surface area contributed by atoms with E-state index >= 15 is 0 Å². The number of nitrogens with zero attached hydrogens (tertiary/aromatic N) is 1. The first-order valence-electron chi connectivity index (χ1n) is 6.33. The Balaban J connectivity index is 1.63. The Morgan fingerprint density at radius 3 is 2.83 bits per heavy atom. The van der Waals surface area contributed by atoms with Crippen LogP contribution in [0.4, 0.5) is 0 Å². The molecule has 1 aromatic carbocycles. The van der Waals surface area contributed by atoms with E-state index in [-0.39, 0.29) is 0 Å². The fraction of sp³-hybridized carbons (Fsp3) is 0.267. The lowest BCUT2D eigenvalue weighted by Gasteiger charge is -2.09. The van der Waals surface area contributed by atoms with E-state index in [0.717, 1.165) is 26.2 Å². The molecular formula is C15H17N3. The van der Waals surface area contributed by atoms with Gasteiger partial charge in [0.25, 0.3) is 0 Å². The Hall–Kier alpha value is -1.71. The van der Waals surface area contributed by atoms with Crippen molar-refractivity contribution < 1.29 is 0 Å². The first kappa shape index (κ1) is 11.4. The van der Waals surface area contributed by atoms with E-state index in [0.29, 0.717) is 0 Å². The predicted molar refractivity (Wildman–Crippen MR) is 71.8 cm³/mol. The lowest BCUT2D eigenvalue weighted by atomic mass is 10.0. The molecule has 3 nitrogen and oxygen atoms in total. The minimum absolute atomic E-state index is 0.889. The molecule has 0 spiro atoms. The van der Waals surface area contributed by atoms with E-state index < -0.39 is 0 Å². The molecule has 3 heteroatoms. The lowest BCUT2D eigenvalue weighted by Crippen LogP contribution is -2.14. The third kappa shape index (κ3) is 2.42. The number of benzene rings is 1. The Kier molecular flexibility index (Phi) is 3.35. The smallest absolute Gasteiger partial charge is 0.0271 e. The topological polar surface area (TPSA) is 37.0 Å². The second-order valence-corrected chi connectivity index (χ2v) is 4.62. The zero-order valence-corrected chi connectivity index (χ0v) is 10.3. The highest BCUT2D eigenvalue weighted by molar-refractivity contribution is 5.37. The standard InChI is InChI=1S/C15H17N3/c1-2-13(15-11-18-10-14(15)3-1)9-17-8-12-4-6-16-7-5-12/h1-7,17-18H,8-11H2. The molecular weight excluding hydrogens is 222 g/mol. The highest BCUT2D eigenvalue weighted by Gasteiger charge is 2.12. The van der Waals surface area contributed by atoms with Crippen molar-refractivity contribution in [2.45, 2.75) is 26.2 Å². The van der Waals surface area contributed by atoms with Gasteiger partial charge in [-0.05, 0) is 34.4 Å². The summed E-state index contributed by atoms with van der Waals surface area (Å²) in [6.07, 6.45) is 3.67. The van der Waals surface area contributed by atoms with E-state index in [1.165, 1.54) is 22.3 Å². The van der Waals surface area contributed by atoms with Crippen LogP contribution in [0.15, 0.2) is 42.7 Å². The van der Waals surface area contributed by atoms with Crippen LogP contribution in [-0.4, -0.2) is 4.98 Å². The van der Waals surface area contributed by atoms with Crippen LogP contribution in [0.25, 0.3) is 0 Å². The maximum atomic E-state index is 4.02. The molecule has 0 bridgehead atoms. The van der Waals surface area contributed by atoms with Gasteiger partial charge in [-0.15, -0.1) is 0 Å². The van der Waals surface area contributed by atoms with Gasteiger partial charge in [0.15, 0.2) is 0 Å². The zero-order chi connectivity index (χ0) is 12.2. The number of pyridine rings is 1. The summed E-state index contributed by atoms with van der Waals surface area (Å²) in [6.45, 7) is 3.82. The molecule has 0 atom stereocenters. The fourth-order valence-corrected chi connectivity index (χ4v) is 2.41. The van der Waals surface area contributed by atoms with Crippen LogP contribution in [0, 0.1) is 0 Å². The van der Waals surface area contributed by atoms with Gasteiger partial charge in [0.05, 0.1) is 0 Å². The van der Waals surface area contributed by atoms with Crippen LogP contribution in [0.2, 0.25) is 0 Å². The molecule has 0 unspecified atom stereocenters. The van der Waals surface area contributed by atoms with Crippen LogP contribution in [-0.2, 0) is 26.2 Å². The van der Waals surface area contributed by atoms with Crippen molar-refractivity contribution in [3.05, 3.63) is 65.0 Å². The van der Waals surface area contributed by atoms with Crippen molar-refractivity contribution in [2.24, 2.45) is 0 Å². The SMILES string of the molecule is c1cc(CNCc2ccncc2)c2c(c1)CNC2. The van der Waals surface area contributed by atoms with Crippen LogP contribution in [0.5, 0.6) is 0 Å². The molecule has 0 aliphatic carbocycles.